The summed E-state index contributed by atoms with van der Waals surface area (Å²) in [4.78, 5) is 11.4. The van der Waals surface area contributed by atoms with Crippen LogP contribution in [0.5, 0.6) is 0 Å². The van der Waals surface area contributed by atoms with Crippen LogP contribution >= 0.6 is 12.4 Å². The number of carbonyl (C=O) groups excluding carboxylic acids is 1. The molecule has 0 aliphatic heterocycles. The minimum Gasteiger partial charge on any atom is -0.355 e. The van der Waals surface area contributed by atoms with Gasteiger partial charge in [0, 0.05) is 13.1 Å². The molecule has 0 aliphatic carbocycles. The molecular formula is C10H24ClN3O3S. The van der Waals surface area contributed by atoms with Gasteiger partial charge in [-0.2, -0.15) is 0 Å². The molecule has 0 bridgehead atoms. The van der Waals surface area contributed by atoms with Crippen LogP contribution in [0.4, 0.5) is 0 Å². The quantitative estimate of drug-likeness (QED) is 0.521. The lowest BCUT2D eigenvalue weighted by atomic mass is 10.2. The summed E-state index contributed by atoms with van der Waals surface area (Å²) in [6.07, 6.45) is 2.09. The summed E-state index contributed by atoms with van der Waals surface area (Å²) in [5.74, 6) is -0.106. The van der Waals surface area contributed by atoms with Gasteiger partial charge < -0.3 is 11.1 Å². The molecule has 0 heterocycles. The maximum atomic E-state index is 11.4. The molecule has 1 unspecified atom stereocenters. The third-order valence-electron chi connectivity index (χ3n) is 2.29. The molecular weight excluding hydrogens is 278 g/mol. The lowest BCUT2D eigenvalue weighted by molar-refractivity contribution is -0.122. The van der Waals surface area contributed by atoms with Crippen molar-refractivity contribution in [3.05, 3.63) is 0 Å². The van der Waals surface area contributed by atoms with Gasteiger partial charge in [0.05, 0.1) is 11.8 Å². The van der Waals surface area contributed by atoms with Crippen LogP contribution < -0.4 is 15.8 Å². The molecule has 0 saturated carbocycles. The first-order valence-corrected chi connectivity index (χ1v) is 7.58. The van der Waals surface area contributed by atoms with Gasteiger partial charge in [0.1, 0.15) is 0 Å². The second-order valence-corrected chi connectivity index (χ2v) is 5.93. The van der Waals surface area contributed by atoms with Crippen molar-refractivity contribution in [2.24, 2.45) is 5.73 Å². The molecule has 0 saturated heterocycles. The number of hydrogen-bond donors (Lipinski definition) is 3. The van der Waals surface area contributed by atoms with Gasteiger partial charge in [0.2, 0.25) is 15.9 Å². The van der Waals surface area contributed by atoms with Gasteiger partial charge in [0.15, 0.2) is 0 Å². The average Bonchev–Trinajstić information content (AvgIpc) is 2.28. The second-order valence-electron chi connectivity index (χ2n) is 3.84. The summed E-state index contributed by atoms with van der Waals surface area (Å²) >= 11 is 0. The molecule has 1 atom stereocenters. The van der Waals surface area contributed by atoms with E-state index in [1.54, 1.807) is 6.92 Å². The number of rotatable bonds is 9. The Hall–Kier alpha value is -0.370. The van der Waals surface area contributed by atoms with Crippen molar-refractivity contribution in [2.45, 2.75) is 39.2 Å². The molecule has 8 heteroatoms. The summed E-state index contributed by atoms with van der Waals surface area (Å²) in [6.45, 7) is 4.31. The lowest BCUT2D eigenvalue weighted by Crippen LogP contribution is -2.41. The molecule has 18 heavy (non-hydrogen) atoms. The smallest absolute Gasteiger partial charge is 0.236 e. The fourth-order valence-electron chi connectivity index (χ4n) is 1.20. The van der Waals surface area contributed by atoms with Crippen LogP contribution in [0.25, 0.3) is 0 Å². The maximum Gasteiger partial charge on any atom is 0.236 e. The fraction of sp³-hybridized carbons (Fsp3) is 0.900. The van der Waals surface area contributed by atoms with Crippen molar-refractivity contribution >= 4 is 28.3 Å². The van der Waals surface area contributed by atoms with E-state index in [0.29, 0.717) is 25.9 Å². The largest absolute Gasteiger partial charge is 0.355 e. The van der Waals surface area contributed by atoms with Crippen molar-refractivity contribution < 1.29 is 13.2 Å². The molecule has 6 nitrogen and oxygen atoms in total. The van der Waals surface area contributed by atoms with Gasteiger partial charge >= 0.3 is 0 Å². The van der Waals surface area contributed by atoms with E-state index in [0.717, 1.165) is 6.42 Å². The molecule has 1 amide bonds. The van der Waals surface area contributed by atoms with E-state index in [9.17, 15) is 13.2 Å². The van der Waals surface area contributed by atoms with Crippen molar-refractivity contribution in [1.29, 1.82) is 0 Å². The van der Waals surface area contributed by atoms with Crippen LogP contribution in [0.1, 0.15) is 33.1 Å². The second kappa shape index (κ2) is 10.5. The SMILES string of the molecule is CCCC(N)C(=O)NCCCNS(=O)(=O)CC.Cl. The molecule has 4 N–H and O–H groups in total. The molecule has 0 radical (unpaired) electrons. The summed E-state index contributed by atoms with van der Waals surface area (Å²) in [5.41, 5.74) is 5.61. The topological polar surface area (TPSA) is 101 Å². The van der Waals surface area contributed by atoms with Gasteiger partial charge in [-0.3, -0.25) is 4.79 Å². The average molecular weight is 302 g/mol. The first kappa shape index (κ1) is 20.0. The number of carbonyl (C=O) groups is 1. The minimum absolute atomic E-state index is 0. The van der Waals surface area contributed by atoms with Crippen LogP contribution in [0.3, 0.4) is 0 Å². The highest BCUT2D eigenvalue weighted by Crippen LogP contribution is 1.92. The Balaban J connectivity index is 0. The van der Waals surface area contributed by atoms with Gasteiger partial charge in [-0.05, 0) is 19.8 Å². The van der Waals surface area contributed by atoms with Crippen LogP contribution in [0.2, 0.25) is 0 Å². The summed E-state index contributed by atoms with van der Waals surface area (Å²) in [6, 6.07) is -0.465. The Kier molecular flexibility index (Phi) is 11.7. The van der Waals surface area contributed by atoms with E-state index < -0.39 is 16.1 Å². The van der Waals surface area contributed by atoms with Gasteiger partial charge in [-0.1, -0.05) is 13.3 Å². The Bertz CT molecular complexity index is 322. The number of halogens is 1. The van der Waals surface area contributed by atoms with Crippen LogP contribution in [-0.2, 0) is 14.8 Å². The van der Waals surface area contributed by atoms with Crippen molar-refractivity contribution in [3.63, 3.8) is 0 Å². The normalized spacial score (nSPS) is 12.6. The lowest BCUT2D eigenvalue weighted by Gasteiger charge is -2.11. The summed E-state index contributed by atoms with van der Waals surface area (Å²) in [5, 5.41) is 2.67. The molecule has 0 aromatic carbocycles. The van der Waals surface area contributed by atoms with Gasteiger partial charge in [-0.25, -0.2) is 13.1 Å². The third-order valence-corrected chi connectivity index (χ3v) is 3.70. The molecule has 0 aromatic rings. The molecule has 0 spiro atoms. The molecule has 110 valence electrons. The highest BCUT2D eigenvalue weighted by Gasteiger charge is 2.11. The fourth-order valence-corrected chi connectivity index (χ4v) is 1.86. The number of nitrogens with one attached hydrogen (secondary N) is 2. The van der Waals surface area contributed by atoms with Crippen molar-refractivity contribution in [1.82, 2.24) is 10.0 Å². The highest BCUT2D eigenvalue weighted by molar-refractivity contribution is 7.89. The summed E-state index contributed by atoms with van der Waals surface area (Å²) < 4.78 is 24.6. The van der Waals surface area contributed by atoms with Crippen molar-refractivity contribution in [2.75, 3.05) is 18.8 Å². The van der Waals surface area contributed by atoms with E-state index in [2.05, 4.69) is 10.0 Å². The monoisotopic (exact) mass is 301 g/mol. The summed E-state index contributed by atoms with van der Waals surface area (Å²) in [7, 11) is -3.13. The Morgan fingerprint density at radius 2 is 1.89 bits per heavy atom. The van der Waals surface area contributed by atoms with Crippen LogP contribution in [0, 0.1) is 0 Å². The Labute approximate surface area is 116 Å². The van der Waals surface area contributed by atoms with Crippen LogP contribution in [0.15, 0.2) is 0 Å². The molecule has 0 rings (SSSR count). The Morgan fingerprint density at radius 3 is 2.39 bits per heavy atom. The Morgan fingerprint density at radius 1 is 1.28 bits per heavy atom. The van der Waals surface area contributed by atoms with E-state index in [1.165, 1.54) is 0 Å². The van der Waals surface area contributed by atoms with Crippen LogP contribution in [-0.4, -0.2) is 39.2 Å². The number of sulfonamides is 1. The standard InChI is InChI=1S/C10H23N3O3S.ClH/c1-3-6-9(11)10(14)12-7-5-8-13-17(15,16)4-2;/h9,13H,3-8,11H2,1-2H3,(H,12,14);1H. The van der Waals surface area contributed by atoms with E-state index in [1.807, 2.05) is 6.92 Å². The minimum atomic E-state index is -3.13. The number of hydrogen-bond acceptors (Lipinski definition) is 4. The third kappa shape index (κ3) is 9.64. The van der Waals surface area contributed by atoms with E-state index in [4.69, 9.17) is 5.73 Å². The zero-order valence-corrected chi connectivity index (χ0v) is 12.6. The zero-order chi connectivity index (χ0) is 13.3. The highest BCUT2D eigenvalue weighted by atomic mass is 35.5. The van der Waals surface area contributed by atoms with E-state index in [-0.39, 0.29) is 24.1 Å². The number of amides is 1. The maximum absolute atomic E-state index is 11.4. The molecule has 0 fully saturated rings. The molecule has 0 aliphatic rings. The van der Waals surface area contributed by atoms with Gasteiger partial charge in [0.25, 0.3) is 0 Å². The van der Waals surface area contributed by atoms with E-state index >= 15 is 0 Å². The predicted octanol–water partition coefficient (Wildman–Crippen LogP) is -0.0188. The van der Waals surface area contributed by atoms with Gasteiger partial charge in [-0.15, -0.1) is 12.4 Å². The molecule has 0 aromatic heterocycles. The van der Waals surface area contributed by atoms with Crippen molar-refractivity contribution in [3.8, 4) is 0 Å². The zero-order valence-electron chi connectivity index (χ0n) is 10.9. The predicted molar refractivity (Wildman–Crippen MR) is 75.2 cm³/mol. The first-order valence-electron chi connectivity index (χ1n) is 5.93. The first-order chi connectivity index (χ1) is 7.93. The number of nitrogens with two attached hydrogens (primary N) is 1.